The van der Waals surface area contributed by atoms with Crippen molar-refractivity contribution in [3.8, 4) is 23.1 Å². The highest BCUT2D eigenvalue weighted by molar-refractivity contribution is 6.34. The van der Waals surface area contributed by atoms with Crippen molar-refractivity contribution in [2.75, 3.05) is 13.7 Å². The van der Waals surface area contributed by atoms with Crippen LogP contribution in [0.1, 0.15) is 97.8 Å². The summed E-state index contributed by atoms with van der Waals surface area (Å²) in [5.41, 5.74) is 4.34. The molecule has 0 saturated heterocycles. The predicted octanol–water partition coefficient (Wildman–Crippen LogP) is 8.41. The van der Waals surface area contributed by atoms with E-state index in [2.05, 4.69) is 65.4 Å². The van der Waals surface area contributed by atoms with Gasteiger partial charge >= 0.3 is 6.09 Å². The molecule has 2 unspecified atom stereocenters. The lowest BCUT2D eigenvalue weighted by Gasteiger charge is -2.31. The predicted molar refractivity (Wildman–Crippen MR) is 212 cm³/mol. The molecule has 1 saturated carbocycles. The lowest BCUT2D eigenvalue weighted by molar-refractivity contribution is 0.0489. The summed E-state index contributed by atoms with van der Waals surface area (Å²) >= 11 is 6.71. The number of nitrogens with zero attached hydrogens (tertiary/aromatic N) is 1. The zero-order chi connectivity index (χ0) is 38.8. The van der Waals surface area contributed by atoms with Crippen molar-refractivity contribution in [3.63, 3.8) is 0 Å². The molecule has 4 aromatic rings. The standard InChI is InChI=1S/C43H52ClN5O5/c1-27-7-13-31(14-8-27)28(2)46-26-35-19-20-39(53-35)37-22-36(38(44)23-40(37)52-6)41(50)48-34(21-29-9-11-30(24-45)12-10-29)25-47-32-15-17-33(18-16-32)49-42(51)54-43(3,4)5/h7-14,19-20,22-23,28,32-34,46-47H,15-18,21,25-26H2,1-6H3,(H,48,50)(H,49,51). The minimum Gasteiger partial charge on any atom is -0.496 e. The Bertz CT molecular complexity index is 1900. The number of nitrogens with one attached hydrogen (secondary N) is 4. The summed E-state index contributed by atoms with van der Waals surface area (Å²) in [4.78, 5) is 26.3. The first-order chi connectivity index (χ1) is 25.8. The average molecular weight is 754 g/mol. The van der Waals surface area contributed by atoms with Crippen molar-refractivity contribution < 1.29 is 23.5 Å². The third-order valence-corrected chi connectivity index (χ3v) is 9.93. The monoisotopic (exact) mass is 753 g/mol. The van der Waals surface area contributed by atoms with Gasteiger partial charge in [-0.1, -0.05) is 53.6 Å². The molecule has 286 valence electrons. The van der Waals surface area contributed by atoms with Crippen LogP contribution in [-0.2, 0) is 17.7 Å². The highest BCUT2D eigenvalue weighted by Crippen LogP contribution is 2.36. The van der Waals surface area contributed by atoms with E-state index in [1.807, 2.05) is 45.0 Å². The van der Waals surface area contributed by atoms with E-state index in [0.29, 0.717) is 47.7 Å². The molecule has 10 nitrogen and oxygen atoms in total. The molecule has 2 atom stereocenters. The van der Waals surface area contributed by atoms with E-state index < -0.39 is 11.7 Å². The highest BCUT2D eigenvalue weighted by atomic mass is 35.5. The van der Waals surface area contributed by atoms with Gasteiger partial charge in [-0.15, -0.1) is 0 Å². The fourth-order valence-electron chi connectivity index (χ4n) is 6.60. The molecule has 1 aromatic heterocycles. The number of alkyl carbamates (subject to hydrolysis) is 1. The van der Waals surface area contributed by atoms with E-state index in [-0.39, 0.29) is 35.1 Å². The first-order valence-corrected chi connectivity index (χ1v) is 19.0. The van der Waals surface area contributed by atoms with Gasteiger partial charge in [0.25, 0.3) is 5.91 Å². The minimum absolute atomic E-state index is 0.0576. The van der Waals surface area contributed by atoms with Crippen molar-refractivity contribution in [1.82, 2.24) is 21.3 Å². The molecule has 5 rings (SSSR count). The largest absolute Gasteiger partial charge is 0.496 e. The molecular weight excluding hydrogens is 702 g/mol. The molecule has 1 fully saturated rings. The molecule has 0 spiro atoms. The number of methoxy groups -OCH3 is 1. The summed E-state index contributed by atoms with van der Waals surface area (Å²) in [6.45, 7) is 10.8. The Morgan fingerprint density at radius 1 is 0.981 bits per heavy atom. The molecule has 0 aliphatic heterocycles. The molecule has 54 heavy (non-hydrogen) atoms. The number of benzene rings is 3. The Balaban J connectivity index is 1.26. The van der Waals surface area contributed by atoms with Gasteiger partial charge in [0.15, 0.2) is 0 Å². The number of hydrogen-bond donors (Lipinski definition) is 4. The molecule has 0 radical (unpaired) electrons. The van der Waals surface area contributed by atoms with Crippen molar-refractivity contribution in [2.45, 2.75) is 103 Å². The van der Waals surface area contributed by atoms with Crippen molar-refractivity contribution in [1.29, 1.82) is 5.26 Å². The van der Waals surface area contributed by atoms with Gasteiger partial charge in [0.2, 0.25) is 0 Å². The van der Waals surface area contributed by atoms with Crippen molar-refractivity contribution >= 4 is 23.6 Å². The van der Waals surface area contributed by atoms with Gasteiger partial charge in [-0.2, -0.15) is 5.26 Å². The van der Waals surface area contributed by atoms with Crippen LogP contribution in [0.25, 0.3) is 11.3 Å². The van der Waals surface area contributed by atoms with Crippen LogP contribution in [0, 0.1) is 18.3 Å². The first kappa shape index (κ1) is 40.4. The lowest BCUT2D eigenvalue weighted by Crippen LogP contribution is -2.48. The average Bonchev–Trinajstić information content (AvgIpc) is 3.62. The van der Waals surface area contributed by atoms with E-state index in [1.165, 1.54) is 11.1 Å². The van der Waals surface area contributed by atoms with Crippen LogP contribution in [0.4, 0.5) is 4.79 Å². The number of hydrogen-bond acceptors (Lipinski definition) is 8. The summed E-state index contributed by atoms with van der Waals surface area (Å²) in [5.74, 6) is 1.47. The normalized spacial score (nSPS) is 16.9. The van der Waals surface area contributed by atoms with Crippen LogP contribution in [0.15, 0.2) is 77.2 Å². The Morgan fingerprint density at radius 2 is 1.67 bits per heavy atom. The number of amides is 2. The second-order valence-corrected chi connectivity index (χ2v) is 15.5. The van der Waals surface area contributed by atoms with E-state index in [1.54, 1.807) is 31.4 Å². The van der Waals surface area contributed by atoms with E-state index in [9.17, 15) is 14.9 Å². The van der Waals surface area contributed by atoms with Gasteiger partial charge in [-0.05, 0) is 108 Å². The van der Waals surface area contributed by atoms with E-state index in [0.717, 1.165) is 37.0 Å². The number of aryl methyl sites for hydroxylation is 1. The number of ether oxygens (including phenoxy) is 2. The van der Waals surface area contributed by atoms with Crippen LogP contribution < -0.4 is 26.0 Å². The van der Waals surface area contributed by atoms with Gasteiger partial charge in [0, 0.05) is 36.8 Å². The number of carbonyl (C=O) groups excluding carboxylic acids is 2. The molecule has 2 amide bonds. The summed E-state index contributed by atoms with van der Waals surface area (Å²) in [5, 5.41) is 22.9. The first-order valence-electron chi connectivity index (χ1n) is 18.6. The van der Waals surface area contributed by atoms with Gasteiger partial charge in [0.05, 0.1) is 41.4 Å². The maximum atomic E-state index is 14.0. The molecule has 4 N–H and O–H groups in total. The van der Waals surface area contributed by atoms with Crippen LogP contribution in [0.3, 0.4) is 0 Å². The van der Waals surface area contributed by atoms with Gasteiger partial charge < -0.3 is 35.2 Å². The molecule has 3 aromatic carbocycles. The second-order valence-electron chi connectivity index (χ2n) is 15.1. The summed E-state index contributed by atoms with van der Waals surface area (Å²) < 4.78 is 17.3. The molecule has 11 heteroatoms. The Hall–Kier alpha value is -4.82. The molecule has 0 bridgehead atoms. The maximum Gasteiger partial charge on any atom is 0.407 e. The van der Waals surface area contributed by atoms with Crippen LogP contribution in [0.5, 0.6) is 5.75 Å². The van der Waals surface area contributed by atoms with Crippen molar-refractivity contribution in [2.24, 2.45) is 0 Å². The lowest BCUT2D eigenvalue weighted by atomic mass is 9.91. The summed E-state index contributed by atoms with van der Waals surface area (Å²) in [7, 11) is 1.56. The summed E-state index contributed by atoms with van der Waals surface area (Å²) in [6.07, 6.45) is 3.54. The number of rotatable bonds is 14. The molecule has 1 heterocycles. The van der Waals surface area contributed by atoms with Gasteiger partial charge in [-0.3, -0.25) is 4.79 Å². The van der Waals surface area contributed by atoms with Crippen LogP contribution in [-0.4, -0.2) is 49.4 Å². The van der Waals surface area contributed by atoms with Crippen LogP contribution in [0.2, 0.25) is 5.02 Å². The minimum atomic E-state index is -0.546. The third kappa shape index (κ3) is 11.6. The highest BCUT2D eigenvalue weighted by Gasteiger charge is 2.26. The zero-order valence-electron chi connectivity index (χ0n) is 32.1. The Morgan fingerprint density at radius 3 is 2.31 bits per heavy atom. The van der Waals surface area contributed by atoms with E-state index >= 15 is 0 Å². The fraction of sp³-hybridized carbons (Fsp3) is 0.419. The summed E-state index contributed by atoms with van der Waals surface area (Å²) in [6, 6.07) is 25.3. The van der Waals surface area contributed by atoms with Crippen LogP contribution >= 0.6 is 11.6 Å². The fourth-order valence-corrected chi connectivity index (χ4v) is 6.84. The van der Waals surface area contributed by atoms with E-state index in [4.69, 9.17) is 25.5 Å². The van der Waals surface area contributed by atoms with Crippen molar-refractivity contribution in [3.05, 3.63) is 111 Å². The SMILES string of the molecule is COc1cc(Cl)c(C(=O)NC(CNC2CCC(NC(=O)OC(C)(C)C)CC2)Cc2ccc(C#N)cc2)cc1-c1ccc(CNC(C)c2ccc(C)cc2)o1. The molecule has 1 aliphatic carbocycles. The molecular formula is C43H52ClN5O5. The number of nitriles is 1. The topological polar surface area (TPSA) is 138 Å². The number of carbonyl (C=O) groups is 2. The quantitative estimate of drug-likeness (QED) is 0.101. The second kappa shape index (κ2) is 18.5. The van der Waals surface area contributed by atoms with Gasteiger partial charge in [0.1, 0.15) is 22.9 Å². The zero-order valence-corrected chi connectivity index (χ0v) is 32.8. The Labute approximate surface area is 324 Å². The maximum absolute atomic E-state index is 14.0. The Kier molecular flexibility index (Phi) is 13.8. The van der Waals surface area contributed by atoms with Gasteiger partial charge in [-0.25, -0.2) is 4.79 Å². The molecule has 1 aliphatic rings. The number of furan rings is 1. The smallest absolute Gasteiger partial charge is 0.407 e. The number of halogens is 1. The third-order valence-electron chi connectivity index (χ3n) is 9.62.